The van der Waals surface area contributed by atoms with Gasteiger partial charge in [0.25, 0.3) is 0 Å². The van der Waals surface area contributed by atoms with E-state index in [1.54, 1.807) is 0 Å². The average molecular weight is 261 g/mol. The highest BCUT2D eigenvalue weighted by Crippen LogP contribution is 2.25. The summed E-state index contributed by atoms with van der Waals surface area (Å²) in [5.74, 6) is 0. The topological polar surface area (TPSA) is 18.5 Å². The lowest BCUT2D eigenvalue weighted by Crippen LogP contribution is -2.55. The van der Waals surface area contributed by atoms with E-state index in [1.807, 2.05) is 0 Å². The average Bonchev–Trinajstić information content (AvgIpc) is 2.41. The molecule has 19 heavy (non-hydrogen) atoms. The predicted molar refractivity (Wildman–Crippen MR) is 84.3 cm³/mol. The minimum atomic E-state index is 0.561. The fourth-order valence-corrected chi connectivity index (χ4v) is 2.78. The molecular formula is C16H27N3. The zero-order valence-electron chi connectivity index (χ0n) is 12.7. The molecule has 1 aliphatic heterocycles. The van der Waals surface area contributed by atoms with Crippen molar-refractivity contribution in [3.05, 3.63) is 24.3 Å². The van der Waals surface area contributed by atoms with Crippen LogP contribution in [-0.4, -0.2) is 39.3 Å². The Morgan fingerprint density at radius 1 is 1.37 bits per heavy atom. The molecular weight excluding hydrogens is 234 g/mol. The molecule has 3 heteroatoms. The van der Waals surface area contributed by atoms with Crippen LogP contribution in [0.3, 0.4) is 0 Å². The lowest BCUT2D eigenvalue weighted by atomic mass is 10.0. The minimum absolute atomic E-state index is 0.561. The molecule has 2 unspecified atom stereocenters. The first-order valence-corrected chi connectivity index (χ1v) is 7.39. The number of hydrogen-bond acceptors (Lipinski definition) is 3. The zero-order valence-corrected chi connectivity index (χ0v) is 12.7. The van der Waals surface area contributed by atoms with E-state index in [-0.39, 0.29) is 0 Å². The van der Waals surface area contributed by atoms with Gasteiger partial charge in [0, 0.05) is 50.6 Å². The first-order valence-electron chi connectivity index (χ1n) is 7.39. The van der Waals surface area contributed by atoms with E-state index in [0.717, 1.165) is 13.1 Å². The van der Waals surface area contributed by atoms with Crippen molar-refractivity contribution in [2.24, 2.45) is 0 Å². The fourth-order valence-electron chi connectivity index (χ4n) is 2.78. The molecule has 0 amide bonds. The Morgan fingerprint density at radius 3 is 2.84 bits per heavy atom. The second-order valence-corrected chi connectivity index (χ2v) is 5.81. The van der Waals surface area contributed by atoms with Crippen LogP contribution in [0.4, 0.5) is 11.4 Å². The standard InChI is InChI=1S/C16H27N3/c1-5-7-14-12-19(13(2)11-17-14)16-9-6-8-15(10-16)18(3)4/h6,8-10,13-14,17H,5,7,11-12H2,1-4H3. The Kier molecular flexibility index (Phi) is 4.70. The second-order valence-electron chi connectivity index (χ2n) is 5.81. The van der Waals surface area contributed by atoms with Gasteiger partial charge in [-0.1, -0.05) is 19.4 Å². The molecule has 0 aromatic heterocycles. The zero-order chi connectivity index (χ0) is 13.8. The van der Waals surface area contributed by atoms with Crippen LogP contribution in [0.2, 0.25) is 0 Å². The highest BCUT2D eigenvalue weighted by molar-refractivity contribution is 5.59. The van der Waals surface area contributed by atoms with Gasteiger partial charge in [-0.3, -0.25) is 0 Å². The van der Waals surface area contributed by atoms with Gasteiger partial charge < -0.3 is 15.1 Å². The molecule has 0 radical (unpaired) electrons. The van der Waals surface area contributed by atoms with Crippen LogP contribution in [0.5, 0.6) is 0 Å². The maximum atomic E-state index is 3.65. The molecule has 106 valence electrons. The van der Waals surface area contributed by atoms with Crippen LogP contribution in [0.25, 0.3) is 0 Å². The Hall–Kier alpha value is -1.22. The summed E-state index contributed by atoms with van der Waals surface area (Å²) in [4.78, 5) is 4.71. The van der Waals surface area contributed by atoms with Gasteiger partial charge in [-0.25, -0.2) is 0 Å². The third-order valence-electron chi connectivity index (χ3n) is 3.97. The van der Waals surface area contributed by atoms with Crippen molar-refractivity contribution in [2.45, 2.75) is 38.8 Å². The number of benzene rings is 1. The van der Waals surface area contributed by atoms with Gasteiger partial charge >= 0.3 is 0 Å². The molecule has 1 aliphatic rings. The molecule has 0 bridgehead atoms. The van der Waals surface area contributed by atoms with Crippen LogP contribution in [0.15, 0.2) is 24.3 Å². The molecule has 2 rings (SSSR count). The first-order chi connectivity index (χ1) is 9.11. The lowest BCUT2D eigenvalue weighted by Gasteiger charge is -2.40. The van der Waals surface area contributed by atoms with E-state index in [0.29, 0.717) is 12.1 Å². The molecule has 1 saturated heterocycles. The molecule has 1 heterocycles. The molecule has 0 saturated carbocycles. The van der Waals surface area contributed by atoms with E-state index in [9.17, 15) is 0 Å². The number of nitrogens with zero attached hydrogens (tertiary/aromatic N) is 2. The van der Waals surface area contributed by atoms with Crippen molar-refractivity contribution in [3.8, 4) is 0 Å². The summed E-state index contributed by atoms with van der Waals surface area (Å²) < 4.78 is 0. The Bertz CT molecular complexity index is 403. The van der Waals surface area contributed by atoms with Crippen molar-refractivity contribution in [1.82, 2.24) is 5.32 Å². The van der Waals surface area contributed by atoms with Crippen LogP contribution >= 0.6 is 0 Å². The summed E-state index contributed by atoms with van der Waals surface area (Å²) in [5, 5.41) is 3.65. The van der Waals surface area contributed by atoms with E-state index >= 15 is 0 Å². The van der Waals surface area contributed by atoms with Gasteiger partial charge in [0.2, 0.25) is 0 Å². The quantitative estimate of drug-likeness (QED) is 0.899. The first kappa shape index (κ1) is 14.2. The van der Waals surface area contributed by atoms with Crippen molar-refractivity contribution in [1.29, 1.82) is 0 Å². The third kappa shape index (κ3) is 3.41. The van der Waals surface area contributed by atoms with Gasteiger partial charge in [0.05, 0.1) is 0 Å². The summed E-state index contributed by atoms with van der Waals surface area (Å²) in [6, 6.07) is 10.0. The lowest BCUT2D eigenvalue weighted by molar-refractivity contribution is 0.386. The maximum absolute atomic E-state index is 3.65. The predicted octanol–water partition coefficient (Wildman–Crippen LogP) is 2.72. The summed E-state index contributed by atoms with van der Waals surface area (Å²) in [6.45, 7) is 6.76. The highest BCUT2D eigenvalue weighted by atomic mass is 15.2. The summed E-state index contributed by atoms with van der Waals surface area (Å²) in [5.41, 5.74) is 2.62. The summed E-state index contributed by atoms with van der Waals surface area (Å²) in [6.07, 6.45) is 2.51. The van der Waals surface area contributed by atoms with Crippen molar-refractivity contribution < 1.29 is 0 Å². The third-order valence-corrected chi connectivity index (χ3v) is 3.97. The number of nitrogens with one attached hydrogen (secondary N) is 1. The van der Waals surface area contributed by atoms with Gasteiger partial charge in [0.15, 0.2) is 0 Å². The number of anilines is 2. The van der Waals surface area contributed by atoms with Crippen LogP contribution < -0.4 is 15.1 Å². The number of rotatable bonds is 4. The largest absolute Gasteiger partial charge is 0.378 e. The SMILES string of the molecule is CCCC1CN(c2cccc(N(C)C)c2)C(C)CN1. The van der Waals surface area contributed by atoms with Crippen molar-refractivity contribution in [2.75, 3.05) is 37.0 Å². The van der Waals surface area contributed by atoms with Crippen molar-refractivity contribution >= 4 is 11.4 Å². The molecule has 0 aliphatic carbocycles. The smallest absolute Gasteiger partial charge is 0.0390 e. The second kappa shape index (κ2) is 6.29. The van der Waals surface area contributed by atoms with Gasteiger partial charge in [-0.05, 0) is 31.5 Å². The van der Waals surface area contributed by atoms with Gasteiger partial charge in [-0.2, -0.15) is 0 Å². The van der Waals surface area contributed by atoms with Crippen LogP contribution in [-0.2, 0) is 0 Å². The maximum Gasteiger partial charge on any atom is 0.0390 e. The van der Waals surface area contributed by atoms with Gasteiger partial charge in [-0.15, -0.1) is 0 Å². The van der Waals surface area contributed by atoms with E-state index in [2.05, 4.69) is 67.3 Å². The summed E-state index contributed by atoms with van der Waals surface area (Å²) >= 11 is 0. The molecule has 3 nitrogen and oxygen atoms in total. The molecule has 1 fully saturated rings. The van der Waals surface area contributed by atoms with Crippen molar-refractivity contribution in [3.63, 3.8) is 0 Å². The van der Waals surface area contributed by atoms with E-state index in [1.165, 1.54) is 24.2 Å². The Morgan fingerprint density at radius 2 is 2.16 bits per heavy atom. The molecule has 1 N–H and O–H groups in total. The summed E-state index contributed by atoms with van der Waals surface area (Å²) in [7, 11) is 4.19. The Balaban J connectivity index is 2.16. The highest BCUT2D eigenvalue weighted by Gasteiger charge is 2.24. The van der Waals surface area contributed by atoms with E-state index in [4.69, 9.17) is 0 Å². The normalized spacial score (nSPS) is 23.5. The molecule has 0 spiro atoms. The Labute approximate surface area is 117 Å². The van der Waals surface area contributed by atoms with Crippen LogP contribution in [0.1, 0.15) is 26.7 Å². The molecule has 2 atom stereocenters. The molecule has 1 aromatic rings. The fraction of sp³-hybridized carbons (Fsp3) is 0.625. The molecule has 1 aromatic carbocycles. The number of piperazine rings is 1. The van der Waals surface area contributed by atoms with Crippen LogP contribution in [0, 0.1) is 0 Å². The van der Waals surface area contributed by atoms with E-state index < -0.39 is 0 Å². The number of hydrogen-bond donors (Lipinski definition) is 1. The van der Waals surface area contributed by atoms with Gasteiger partial charge in [0.1, 0.15) is 0 Å². The monoisotopic (exact) mass is 261 g/mol. The minimum Gasteiger partial charge on any atom is -0.378 e.